The summed E-state index contributed by atoms with van der Waals surface area (Å²) in [6.45, 7) is 5.54. The smallest absolute Gasteiger partial charge is 0.224 e. The second-order valence-electron chi connectivity index (χ2n) is 9.62. The third-order valence-electron chi connectivity index (χ3n) is 7.10. The van der Waals surface area contributed by atoms with Crippen molar-refractivity contribution >= 4 is 11.8 Å². The molecule has 2 amide bonds. The first kappa shape index (κ1) is 21.3. The molecule has 0 aromatic carbocycles. The molecule has 3 fully saturated rings. The highest BCUT2D eigenvalue weighted by atomic mass is 16.2. The molecule has 1 atom stereocenters. The number of carbonyl (C=O) groups is 2. The predicted octanol–water partition coefficient (Wildman–Crippen LogP) is 3.59. The molecular formula is C24H36N4O2. The van der Waals surface area contributed by atoms with Gasteiger partial charge in [-0.25, -0.2) is 9.97 Å². The van der Waals surface area contributed by atoms with Crippen molar-refractivity contribution in [1.29, 1.82) is 0 Å². The van der Waals surface area contributed by atoms with E-state index >= 15 is 0 Å². The molecule has 1 saturated heterocycles. The van der Waals surface area contributed by atoms with Crippen LogP contribution in [0.15, 0.2) is 0 Å². The number of rotatable bonds is 7. The van der Waals surface area contributed by atoms with Crippen molar-refractivity contribution in [3.05, 3.63) is 22.8 Å². The van der Waals surface area contributed by atoms with Gasteiger partial charge in [-0.15, -0.1) is 0 Å². The van der Waals surface area contributed by atoms with E-state index in [9.17, 15) is 9.59 Å². The molecule has 6 heteroatoms. The molecule has 0 spiro atoms. The minimum Gasteiger partial charge on any atom is -0.353 e. The van der Waals surface area contributed by atoms with Gasteiger partial charge in [-0.1, -0.05) is 25.7 Å². The van der Waals surface area contributed by atoms with E-state index in [1.54, 1.807) is 0 Å². The summed E-state index contributed by atoms with van der Waals surface area (Å²) >= 11 is 0. The number of amides is 2. The van der Waals surface area contributed by atoms with E-state index in [1.165, 1.54) is 25.7 Å². The van der Waals surface area contributed by atoms with Gasteiger partial charge in [-0.2, -0.15) is 0 Å². The van der Waals surface area contributed by atoms with Gasteiger partial charge in [0.2, 0.25) is 11.8 Å². The van der Waals surface area contributed by atoms with Crippen molar-refractivity contribution in [1.82, 2.24) is 20.2 Å². The Kier molecular flexibility index (Phi) is 6.69. The van der Waals surface area contributed by atoms with Crippen LogP contribution in [0.2, 0.25) is 0 Å². The molecule has 0 unspecified atom stereocenters. The molecule has 164 valence electrons. The molecule has 4 rings (SSSR count). The first-order valence-corrected chi connectivity index (χ1v) is 11.9. The van der Waals surface area contributed by atoms with Crippen LogP contribution in [-0.4, -0.2) is 45.8 Å². The molecule has 30 heavy (non-hydrogen) atoms. The van der Waals surface area contributed by atoms with Crippen molar-refractivity contribution in [2.45, 2.75) is 96.4 Å². The summed E-state index contributed by atoms with van der Waals surface area (Å²) in [7, 11) is 0. The third kappa shape index (κ3) is 5.38. The van der Waals surface area contributed by atoms with Crippen LogP contribution in [0, 0.1) is 19.8 Å². The van der Waals surface area contributed by atoms with Crippen molar-refractivity contribution in [2.75, 3.05) is 13.1 Å². The fraction of sp³-hybridized carbons (Fsp3) is 0.750. The van der Waals surface area contributed by atoms with Crippen LogP contribution in [-0.2, 0) is 16.0 Å². The molecular weight excluding hydrogens is 376 g/mol. The highest BCUT2D eigenvalue weighted by molar-refractivity contribution is 5.79. The number of aromatic nitrogens is 2. The number of hydrogen-bond donors (Lipinski definition) is 1. The summed E-state index contributed by atoms with van der Waals surface area (Å²) < 4.78 is 0. The quantitative estimate of drug-likeness (QED) is 0.743. The molecule has 6 nitrogen and oxygen atoms in total. The lowest BCUT2D eigenvalue weighted by atomic mass is 9.95. The first-order valence-electron chi connectivity index (χ1n) is 11.9. The van der Waals surface area contributed by atoms with E-state index < -0.39 is 0 Å². The van der Waals surface area contributed by atoms with Crippen LogP contribution in [0.4, 0.5) is 0 Å². The third-order valence-corrected chi connectivity index (χ3v) is 7.10. The van der Waals surface area contributed by atoms with Crippen molar-refractivity contribution in [2.24, 2.45) is 5.92 Å². The number of carbonyl (C=O) groups excluding carboxylic acids is 2. The monoisotopic (exact) mass is 412 g/mol. The van der Waals surface area contributed by atoms with Crippen molar-refractivity contribution in [3.8, 4) is 0 Å². The molecule has 2 aliphatic carbocycles. The molecule has 2 heterocycles. The molecule has 3 aliphatic rings. The maximum Gasteiger partial charge on any atom is 0.224 e. The minimum atomic E-state index is 0.0664. The van der Waals surface area contributed by atoms with Crippen LogP contribution in [0.5, 0.6) is 0 Å². The highest BCUT2D eigenvalue weighted by Crippen LogP contribution is 2.30. The van der Waals surface area contributed by atoms with Gasteiger partial charge in [0.15, 0.2) is 0 Å². The number of nitrogens with zero attached hydrogens (tertiary/aromatic N) is 3. The summed E-state index contributed by atoms with van der Waals surface area (Å²) in [6, 6.07) is 0.373. The average molecular weight is 413 g/mol. The fourth-order valence-corrected chi connectivity index (χ4v) is 5.07. The van der Waals surface area contributed by atoms with E-state index in [2.05, 4.69) is 5.32 Å². The Bertz CT molecular complexity index is 760. The Balaban J connectivity index is 1.36. The normalized spacial score (nSPS) is 22.3. The Labute approximate surface area is 180 Å². The summed E-state index contributed by atoms with van der Waals surface area (Å²) in [4.78, 5) is 36.6. The van der Waals surface area contributed by atoms with E-state index in [0.29, 0.717) is 24.8 Å². The molecule has 1 aromatic heterocycles. The van der Waals surface area contributed by atoms with Crippen LogP contribution in [0.3, 0.4) is 0 Å². The Morgan fingerprint density at radius 3 is 2.37 bits per heavy atom. The lowest BCUT2D eigenvalue weighted by Gasteiger charge is -2.32. The Morgan fingerprint density at radius 2 is 1.70 bits per heavy atom. The van der Waals surface area contributed by atoms with Gasteiger partial charge in [0.05, 0.1) is 6.42 Å². The molecule has 1 aromatic rings. The highest BCUT2D eigenvalue weighted by Gasteiger charge is 2.28. The zero-order valence-electron chi connectivity index (χ0n) is 18.6. The lowest BCUT2D eigenvalue weighted by Crippen LogP contribution is -2.39. The Morgan fingerprint density at radius 1 is 1.00 bits per heavy atom. The van der Waals surface area contributed by atoms with Gasteiger partial charge in [0.1, 0.15) is 5.82 Å². The molecule has 1 N–H and O–H groups in total. The summed E-state index contributed by atoms with van der Waals surface area (Å²) in [6.07, 6.45) is 11.6. The first-order chi connectivity index (χ1) is 14.5. The zero-order chi connectivity index (χ0) is 21.1. The number of aryl methyl sites for hydroxylation is 2. The lowest BCUT2D eigenvalue weighted by molar-refractivity contribution is -0.132. The summed E-state index contributed by atoms with van der Waals surface area (Å²) in [5.74, 6) is 2.16. The summed E-state index contributed by atoms with van der Waals surface area (Å²) in [5, 5.41) is 3.05. The molecule has 0 bridgehead atoms. The average Bonchev–Trinajstić information content (AvgIpc) is 3.38. The topological polar surface area (TPSA) is 75.2 Å². The molecule has 1 aliphatic heterocycles. The van der Waals surface area contributed by atoms with Crippen LogP contribution in [0.1, 0.15) is 92.9 Å². The summed E-state index contributed by atoms with van der Waals surface area (Å²) in [5.41, 5.74) is 2.73. The van der Waals surface area contributed by atoms with Crippen LogP contribution in [0.25, 0.3) is 0 Å². The largest absolute Gasteiger partial charge is 0.353 e. The van der Waals surface area contributed by atoms with Gasteiger partial charge in [-0.05, 0) is 51.9 Å². The second-order valence-corrected chi connectivity index (χ2v) is 9.62. The van der Waals surface area contributed by atoms with Gasteiger partial charge >= 0.3 is 0 Å². The van der Waals surface area contributed by atoms with E-state index in [0.717, 1.165) is 73.9 Å². The van der Waals surface area contributed by atoms with E-state index in [1.807, 2.05) is 18.7 Å². The Hall–Kier alpha value is -1.98. The van der Waals surface area contributed by atoms with Gasteiger partial charge < -0.3 is 10.2 Å². The number of nitrogens with one attached hydrogen (secondary N) is 1. The zero-order valence-corrected chi connectivity index (χ0v) is 18.6. The van der Waals surface area contributed by atoms with E-state index in [-0.39, 0.29) is 11.8 Å². The molecule has 0 radical (unpaired) electrons. The standard InChI is InChI=1S/C24H36N4O2/c1-16-21(14-22(29)27-20-10-11-20)17(2)26-24(25-16)19-8-5-13-28(15-19)23(30)12-9-18-6-3-4-7-18/h18-20H,3-15H2,1-2H3,(H,27,29)/t19-/m1/s1. The maximum atomic E-state index is 12.8. The van der Waals surface area contributed by atoms with E-state index in [4.69, 9.17) is 9.97 Å². The van der Waals surface area contributed by atoms with Crippen molar-refractivity contribution in [3.63, 3.8) is 0 Å². The van der Waals surface area contributed by atoms with Gasteiger partial charge in [0.25, 0.3) is 0 Å². The molecule has 2 saturated carbocycles. The van der Waals surface area contributed by atoms with Gasteiger partial charge in [-0.3, -0.25) is 9.59 Å². The van der Waals surface area contributed by atoms with Gasteiger partial charge in [0, 0.05) is 48.4 Å². The fourth-order valence-electron chi connectivity index (χ4n) is 5.07. The predicted molar refractivity (Wildman–Crippen MR) is 116 cm³/mol. The second kappa shape index (κ2) is 9.44. The number of piperidine rings is 1. The minimum absolute atomic E-state index is 0.0664. The SMILES string of the molecule is Cc1nc([C@@H]2CCCN(C(=O)CCC3CCCC3)C2)nc(C)c1CC(=O)NC1CC1. The number of hydrogen-bond acceptors (Lipinski definition) is 4. The van der Waals surface area contributed by atoms with Crippen LogP contribution >= 0.6 is 0 Å². The van der Waals surface area contributed by atoms with Crippen molar-refractivity contribution < 1.29 is 9.59 Å². The van der Waals surface area contributed by atoms with Crippen LogP contribution < -0.4 is 5.32 Å². The maximum absolute atomic E-state index is 12.8. The number of likely N-dealkylation sites (tertiary alicyclic amines) is 1.